The number of rotatable bonds is 1. The number of likely N-dealkylation sites (tertiary alicyclic amines) is 1. The maximum atomic E-state index is 12.7. The second-order valence-corrected chi connectivity index (χ2v) is 7.23. The van der Waals surface area contributed by atoms with Crippen LogP contribution in [0.2, 0.25) is 0 Å². The third-order valence-electron chi connectivity index (χ3n) is 4.78. The fourth-order valence-electron chi connectivity index (χ4n) is 3.76. The number of piperidine rings is 1. The molecule has 4 heterocycles. The van der Waals surface area contributed by atoms with Crippen molar-refractivity contribution < 1.29 is 9.21 Å². The summed E-state index contributed by atoms with van der Waals surface area (Å²) in [6.07, 6.45) is 2.19. The monoisotopic (exact) mass is 390 g/mol. The van der Waals surface area contributed by atoms with E-state index in [0.29, 0.717) is 25.2 Å². The Balaban J connectivity index is 1.64. The lowest BCUT2D eigenvalue weighted by Crippen LogP contribution is -2.49. The van der Waals surface area contributed by atoms with E-state index in [9.17, 15) is 14.4 Å². The summed E-state index contributed by atoms with van der Waals surface area (Å²) in [7, 11) is 0. The Morgan fingerprint density at radius 3 is 2.83 bits per heavy atom. The number of carbonyl (C=O) groups is 1. The Kier molecular flexibility index (Phi) is 3.68. The Bertz CT molecular complexity index is 933. The molecular formula is C17H15BrN2O4. The molecule has 1 fully saturated rings. The molecule has 1 amide bonds. The van der Waals surface area contributed by atoms with Gasteiger partial charge < -0.3 is 13.9 Å². The number of hydrogen-bond donors (Lipinski definition) is 0. The molecule has 1 saturated heterocycles. The van der Waals surface area contributed by atoms with Crippen LogP contribution in [0.5, 0.6) is 0 Å². The van der Waals surface area contributed by atoms with Crippen LogP contribution in [-0.4, -0.2) is 28.5 Å². The summed E-state index contributed by atoms with van der Waals surface area (Å²) in [5, 5.41) is 0. The second kappa shape index (κ2) is 5.73. The van der Waals surface area contributed by atoms with Crippen LogP contribution >= 0.6 is 15.9 Å². The van der Waals surface area contributed by atoms with E-state index in [-0.39, 0.29) is 27.8 Å². The molecular weight excluding hydrogens is 376 g/mol. The second-order valence-electron chi connectivity index (χ2n) is 6.38. The highest BCUT2D eigenvalue weighted by molar-refractivity contribution is 9.10. The van der Waals surface area contributed by atoms with Crippen LogP contribution in [0.15, 0.2) is 49.0 Å². The molecule has 2 aliphatic rings. The van der Waals surface area contributed by atoms with Crippen LogP contribution in [0, 0.1) is 5.92 Å². The van der Waals surface area contributed by atoms with Crippen molar-refractivity contribution in [1.29, 1.82) is 0 Å². The van der Waals surface area contributed by atoms with E-state index >= 15 is 0 Å². The molecule has 24 heavy (non-hydrogen) atoms. The summed E-state index contributed by atoms with van der Waals surface area (Å²) in [5.41, 5.74) is 0.870. The molecule has 2 bridgehead atoms. The van der Waals surface area contributed by atoms with Crippen molar-refractivity contribution in [2.45, 2.75) is 18.9 Å². The number of hydrogen-bond acceptors (Lipinski definition) is 4. The molecule has 0 aromatic carbocycles. The van der Waals surface area contributed by atoms with Crippen molar-refractivity contribution in [3.8, 4) is 0 Å². The van der Waals surface area contributed by atoms with Gasteiger partial charge in [-0.2, -0.15) is 0 Å². The quantitative estimate of drug-likeness (QED) is 0.744. The van der Waals surface area contributed by atoms with Crippen molar-refractivity contribution in [2.75, 3.05) is 13.1 Å². The van der Waals surface area contributed by atoms with Gasteiger partial charge in [-0.1, -0.05) is 6.07 Å². The summed E-state index contributed by atoms with van der Waals surface area (Å²) in [4.78, 5) is 37.9. The molecule has 2 aliphatic heterocycles. The highest BCUT2D eigenvalue weighted by Crippen LogP contribution is 2.35. The first-order chi connectivity index (χ1) is 11.5. The third-order valence-corrected chi connectivity index (χ3v) is 5.34. The number of fused-ring (bicyclic) bond motifs is 4. The summed E-state index contributed by atoms with van der Waals surface area (Å²) in [6, 6.07) is 6.82. The first kappa shape index (κ1) is 15.4. The molecule has 0 radical (unpaired) electrons. The zero-order valence-corrected chi connectivity index (χ0v) is 14.4. The summed E-state index contributed by atoms with van der Waals surface area (Å²) in [6.45, 7) is 1.81. The van der Waals surface area contributed by atoms with Crippen LogP contribution in [0.3, 0.4) is 0 Å². The van der Waals surface area contributed by atoms with Crippen LogP contribution in [0.1, 0.15) is 28.4 Å². The number of halogens is 1. The molecule has 0 saturated carbocycles. The summed E-state index contributed by atoms with van der Waals surface area (Å²) < 4.78 is 6.94. The Labute approximate surface area is 145 Å². The summed E-state index contributed by atoms with van der Waals surface area (Å²) >= 11 is 3.10. The summed E-state index contributed by atoms with van der Waals surface area (Å²) in [5.74, 6) is 0.273. The van der Waals surface area contributed by atoms with Gasteiger partial charge in [0.05, 0.1) is 5.56 Å². The highest BCUT2D eigenvalue weighted by atomic mass is 79.9. The van der Waals surface area contributed by atoms with E-state index in [4.69, 9.17) is 4.42 Å². The van der Waals surface area contributed by atoms with Crippen molar-refractivity contribution in [2.24, 2.45) is 5.92 Å². The molecule has 124 valence electrons. The van der Waals surface area contributed by atoms with E-state index in [1.54, 1.807) is 17.0 Å². The Morgan fingerprint density at radius 1 is 1.21 bits per heavy atom. The van der Waals surface area contributed by atoms with E-state index < -0.39 is 5.63 Å². The largest absolute Gasteiger partial charge is 0.430 e. The number of pyridine rings is 1. The minimum atomic E-state index is -0.504. The molecule has 0 aliphatic carbocycles. The van der Waals surface area contributed by atoms with Crippen molar-refractivity contribution >= 4 is 21.8 Å². The zero-order valence-electron chi connectivity index (χ0n) is 12.8. The van der Waals surface area contributed by atoms with Gasteiger partial charge in [0.15, 0.2) is 0 Å². The van der Waals surface area contributed by atoms with E-state index in [0.717, 1.165) is 12.1 Å². The lowest BCUT2D eigenvalue weighted by atomic mass is 9.83. The lowest BCUT2D eigenvalue weighted by Gasteiger charge is -2.42. The fraction of sp³-hybridized carbons (Fsp3) is 0.353. The Morgan fingerprint density at radius 2 is 2.04 bits per heavy atom. The average molecular weight is 391 g/mol. The zero-order chi connectivity index (χ0) is 16.8. The number of carbonyl (C=O) groups excluding carboxylic acids is 1. The van der Waals surface area contributed by atoms with Gasteiger partial charge in [0.1, 0.15) is 10.7 Å². The number of aromatic nitrogens is 1. The van der Waals surface area contributed by atoms with Gasteiger partial charge in [0.25, 0.3) is 11.5 Å². The molecule has 2 aromatic heterocycles. The maximum absolute atomic E-state index is 12.7. The average Bonchev–Trinajstić information content (AvgIpc) is 2.57. The van der Waals surface area contributed by atoms with Crippen LogP contribution in [0.25, 0.3) is 0 Å². The highest BCUT2D eigenvalue weighted by Gasteiger charge is 2.36. The molecule has 4 rings (SSSR count). The predicted octanol–water partition coefficient (Wildman–Crippen LogP) is 1.82. The molecule has 6 nitrogen and oxygen atoms in total. The van der Waals surface area contributed by atoms with Gasteiger partial charge in [0.2, 0.25) is 0 Å². The number of amides is 1. The molecule has 0 N–H and O–H groups in total. The predicted molar refractivity (Wildman–Crippen MR) is 90.1 cm³/mol. The lowest BCUT2D eigenvalue weighted by molar-refractivity contribution is 0.0592. The van der Waals surface area contributed by atoms with E-state index in [1.807, 2.05) is 10.6 Å². The Hall–Kier alpha value is -2.15. The van der Waals surface area contributed by atoms with Gasteiger partial charge in [-0.3, -0.25) is 9.59 Å². The van der Waals surface area contributed by atoms with Gasteiger partial charge >= 0.3 is 5.63 Å². The maximum Gasteiger partial charge on any atom is 0.350 e. The van der Waals surface area contributed by atoms with Crippen LogP contribution < -0.4 is 11.2 Å². The molecule has 2 aromatic rings. The molecule has 2 atom stereocenters. The van der Waals surface area contributed by atoms with Gasteiger partial charge in [-0.05, 0) is 40.4 Å². The standard InChI is InChI=1S/C17H15BrN2O4/c18-13-5-12(9-24-17(13)23)16(22)19-6-10-4-11(8-19)14-2-1-3-15(21)20(14)7-10/h1-3,5,9-11H,4,6-8H2. The van der Waals surface area contributed by atoms with Crippen LogP contribution in [-0.2, 0) is 6.54 Å². The first-order valence-electron chi connectivity index (χ1n) is 7.80. The molecule has 7 heteroatoms. The normalized spacial score (nSPS) is 22.1. The number of nitrogens with zero attached hydrogens (tertiary/aromatic N) is 2. The van der Waals surface area contributed by atoms with Crippen LogP contribution in [0.4, 0.5) is 0 Å². The van der Waals surface area contributed by atoms with Crippen molar-refractivity contribution in [3.05, 3.63) is 67.0 Å². The van der Waals surface area contributed by atoms with Crippen molar-refractivity contribution in [3.63, 3.8) is 0 Å². The SMILES string of the molecule is O=C(c1coc(=O)c(Br)c1)N1CC2CC(C1)c1cccc(=O)n1C2. The minimum absolute atomic E-state index is 0.0238. The third kappa shape index (κ3) is 2.53. The van der Waals surface area contributed by atoms with Crippen molar-refractivity contribution in [1.82, 2.24) is 9.47 Å². The molecule has 2 unspecified atom stereocenters. The van der Waals surface area contributed by atoms with Gasteiger partial charge in [-0.15, -0.1) is 0 Å². The first-order valence-corrected chi connectivity index (χ1v) is 8.59. The van der Waals surface area contributed by atoms with Gasteiger partial charge in [0, 0.05) is 37.3 Å². The fourth-order valence-corrected chi connectivity index (χ4v) is 4.10. The molecule has 0 spiro atoms. The van der Waals surface area contributed by atoms with E-state index in [2.05, 4.69) is 15.9 Å². The smallest absolute Gasteiger partial charge is 0.350 e. The van der Waals surface area contributed by atoms with Gasteiger partial charge in [-0.25, -0.2) is 4.79 Å². The topological polar surface area (TPSA) is 72.5 Å². The van der Waals surface area contributed by atoms with E-state index in [1.165, 1.54) is 12.3 Å². The minimum Gasteiger partial charge on any atom is -0.430 e.